The lowest BCUT2D eigenvalue weighted by Gasteiger charge is -2.19. The summed E-state index contributed by atoms with van der Waals surface area (Å²) in [6.45, 7) is 0.894. The van der Waals surface area contributed by atoms with E-state index in [0.29, 0.717) is 18.2 Å². The Hall–Kier alpha value is -2.89. The number of aromatic carboxylic acids is 1. The van der Waals surface area contributed by atoms with Crippen LogP contribution in [-0.4, -0.2) is 65.0 Å². The number of hydrogen-bond donors (Lipinski definition) is 2. The van der Waals surface area contributed by atoms with Gasteiger partial charge >= 0.3 is 5.97 Å². The number of fused-ring (bicyclic) bond motifs is 1. The topological polar surface area (TPSA) is 110 Å². The Labute approximate surface area is 168 Å². The quantitative estimate of drug-likeness (QED) is 0.633. The molecule has 0 bridgehead atoms. The fraction of sp³-hybridized carbons (Fsp3) is 0.333. The maximum atomic E-state index is 14.9. The first kappa shape index (κ1) is 19.4. The fourth-order valence-corrected chi connectivity index (χ4v) is 4.15. The molecule has 3 aromatic rings. The van der Waals surface area contributed by atoms with Crippen molar-refractivity contribution >= 4 is 34.2 Å². The Morgan fingerprint density at radius 3 is 2.83 bits per heavy atom. The fourth-order valence-electron chi connectivity index (χ4n) is 3.53. The lowest BCUT2D eigenvalue weighted by atomic mass is 10.2. The van der Waals surface area contributed by atoms with Crippen LogP contribution in [0, 0.1) is 5.82 Å². The van der Waals surface area contributed by atoms with Crippen LogP contribution in [0.2, 0.25) is 0 Å². The first-order valence-corrected chi connectivity index (χ1v) is 9.66. The summed E-state index contributed by atoms with van der Waals surface area (Å²) in [4.78, 5) is 34.5. The number of carboxylic acids is 1. The number of pyridine rings is 2. The average Bonchev–Trinajstić information content (AvgIpc) is 3.37. The summed E-state index contributed by atoms with van der Waals surface area (Å²) >= 11 is 1.25. The van der Waals surface area contributed by atoms with Crippen molar-refractivity contribution < 1.29 is 19.0 Å². The Balaban J connectivity index is 1.93. The molecule has 1 fully saturated rings. The van der Waals surface area contributed by atoms with E-state index in [9.17, 15) is 19.1 Å². The number of hydrogen-bond acceptors (Lipinski definition) is 8. The molecule has 0 aliphatic carbocycles. The van der Waals surface area contributed by atoms with Crippen LogP contribution in [0.1, 0.15) is 10.4 Å². The molecular weight excluding hydrogens is 401 g/mol. The molecule has 152 valence electrons. The first-order valence-electron chi connectivity index (χ1n) is 8.78. The van der Waals surface area contributed by atoms with Crippen molar-refractivity contribution in [3.63, 3.8) is 0 Å². The second-order valence-corrected chi connectivity index (χ2v) is 7.47. The van der Waals surface area contributed by atoms with Gasteiger partial charge in [0.15, 0.2) is 22.4 Å². The molecule has 0 unspecified atom stereocenters. The zero-order chi connectivity index (χ0) is 20.7. The Bertz CT molecular complexity index is 1120. The molecule has 1 saturated heterocycles. The molecular formula is C18H18FN5O4S. The van der Waals surface area contributed by atoms with Gasteiger partial charge in [-0.15, -0.1) is 11.3 Å². The number of anilines is 1. The maximum Gasteiger partial charge on any atom is 0.341 e. The van der Waals surface area contributed by atoms with E-state index >= 15 is 0 Å². The molecule has 3 aromatic heterocycles. The highest BCUT2D eigenvalue weighted by Crippen LogP contribution is 2.27. The zero-order valence-electron chi connectivity index (χ0n) is 15.6. The molecule has 1 aliphatic rings. The third-order valence-corrected chi connectivity index (χ3v) is 5.78. The van der Waals surface area contributed by atoms with Crippen molar-refractivity contribution in [3.05, 3.63) is 45.4 Å². The van der Waals surface area contributed by atoms with Crippen LogP contribution in [-0.2, 0) is 4.74 Å². The minimum atomic E-state index is -1.40. The third kappa shape index (κ3) is 3.26. The first-order chi connectivity index (χ1) is 13.9. The Kier molecular flexibility index (Phi) is 5.03. The molecule has 0 saturated carbocycles. The van der Waals surface area contributed by atoms with E-state index in [2.05, 4.69) is 15.3 Å². The van der Waals surface area contributed by atoms with Crippen LogP contribution >= 0.6 is 11.3 Å². The van der Waals surface area contributed by atoms with E-state index in [0.717, 1.165) is 6.07 Å². The molecule has 0 radical (unpaired) electrons. The van der Waals surface area contributed by atoms with Crippen LogP contribution in [0.3, 0.4) is 0 Å². The Morgan fingerprint density at radius 2 is 2.24 bits per heavy atom. The summed E-state index contributed by atoms with van der Waals surface area (Å²) in [5.74, 6) is -2.02. The van der Waals surface area contributed by atoms with Gasteiger partial charge < -0.3 is 20.1 Å². The van der Waals surface area contributed by atoms with Crippen molar-refractivity contribution in [3.8, 4) is 5.13 Å². The number of nitrogens with zero attached hydrogens (tertiary/aromatic N) is 4. The van der Waals surface area contributed by atoms with Crippen molar-refractivity contribution in [1.29, 1.82) is 0 Å². The number of halogens is 1. The molecule has 29 heavy (non-hydrogen) atoms. The summed E-state index contributed by atoms with van der Waals surface area (Å²) in [5, 5.41) is 14.5. The molecule has 2 N–H and O–H groups in total. The smallest absolute Gasteiger partial charge is 0.341 e. The molecule has 4 rings (SSSR count). The lowest BCUT2D eigenvalue weighted by molar-refractivity contribution is 0.0695. The molecule has 0 spiro atoms. The molecule has 2 atom stereocenters. The number of rotatable bonds is 5. The number of ether oxygens (including phenoxy) is 1. The summed E-state index contributed by atoms with van der Waals surface area (Å²) < 4.78 is 21.8. The van der Waals surface area contributed by atoms with E-state index in [1.165, 1.54) is 22.1 Å². The van der Waals surface area contributed by atoms with E-state index in [1.807, 2.05) is 0 Å². The second-order valence-electron chi connectivity index (χ2n) is 6.60. The van der Waals surface area contributed by atoms with Gasteiger partial charge in [-0.25, -0.2) is 19.2 Å². The minimum absolute atomic E-state index is 0.00700. The second kappa shape index (κ2) is 7.50. The molecule has 0 aromatic carbocycles. The third-order valence-electron chi connectivity index (χ3n) is 5.01. The molecule has 11 heteroatoms. The van der Waals surface area contributed by atoms with Crippen molar-refractivity contribution in [1.82, 2.24) is 19.9 Å². The van der Waals surface area contributed by atoms with Crippen molar-refractivity contribution in [2.75, 3.05) is 32.1 Å². The van der Waals surface area contributed by atoms with E-state index in [-0.39, 0.29) is 29.0 Å². The van der Waals surface area contributed by atoms with Crippen molar-refractivity contribution in [2.45, 2.75) is 12.1 Å². The van der Waals surface area contributed by atoms with Crippen LogP contribution in [0.4, 0.5) is 10.2 Å². The van der Waals surface area contributed by atoms with Gasteiger partial charge in [-0.2, -0.15) is 0 Å². The summed E-state index contributed by atoms with van der Waals surface area (Å²) in [7, 11) is 3.40. The summed E-state index contributed by atoms with van der Waals surface area (Å²) in [6.07, 6.45) is 2.59. The normalized spacial score (nSPS) is 19.2. The Morgan fingerprint density at radius 1 is 1.45 bits per heavy atom. The number of thiazole rings is 1. The summed E-state index contributed by atoms with van der Waals surface area (Å²) in [5.41, 5.74) is -1.12. The van der Waals surface area contributed by atoms with E-state index in [1.54, 1.807) is 30.6 Å². The standard InChI is InChI=1S/C18H18FN5O4S/c1-20-12-7-23(8-13(12)28-2)16-11(19)5-9-14(25)10(17(26)27)6-24(15(9)22-16)18-21-3-4-29-18/h3-6,12-13,20H,7-8H2,1-2H3,(H,26,27)/t12-,13-/m1/s1. The number of methoxy groups -OCH3 is 1. The minimum Gasteiger partial charge on any atom is -0.477 e. The van der Waals surface area contributed by atoms with Gasteiger partial charge in [-0.1, -0.05) is 0 Å². The predicted octanol–water partition coefficient (Wildman–Crippen LogP) is 1.10. The SMILES string of the molecule is CN[C@@H]1CN(c2nc3c(cc2F)c(=O)c(C(=O)O)cn3-c2nccs2)C[C@H]1OC. The van der Waals surface area contributed by atoms with Gasteiger partial charge in [0.25, 0.3) is 0 Å². The summed E-state index contributed by atoms with van der Waals surface area (Å²) in [6, 6.07) is 1.04. The van der Waals surface area contributed by atoms with Gasteiger partial charge in [-0.05, 0) is 13.1 Å². The van der Waals surface area contributed by atoms with Crippen LogP contribution in [0.25, 0.3) is 16.2 Å². The largest absolute Gasteiger partial charge is 0.477 e. The zero-order valence-corrected chi connectivity index (χ0v) is 16.4. The van der Waals surface area contributed by atoms with E-state index in [4.69, 9.17) is 4.74 Å². The monoisotopic (exact) mass is 419 g/mol. The lowest BCUT2D eigenvalue weighted by Crippen LogP contribution is -2.37. The van der Waals surface area contributed by atoms with E-state index < -0.39 is 22.8 Å². The number of carbonyl (C=O) groups is 1. The maximum absolute atomic E-state index is 14.9. The van der Waals surface area contributed by atoms with Crippen LogP contribution in [0.5, 0.6) is 0 Å². The highest BCUT2D eigenvalue weighted by atomic mass is 32.1. The highest BCUT2D eigenvalue weighted by molar-refractivity contribution is 7.12. The van der Waals surface area contributed by atoms with Crippen LogP contribution < -0.4 is 15.6 Å². The van der Waals surface area contributed by atoms with Gasteiger partial charge in [0.05, 0.1) is 17.5 Å². The van der Waals surface area contributed by atoms with Gasteiger partial charge in [-0.3, -0.25) is 9.36 Å². The average molecular weight is 419 g/mol. The van der Waals surface area contributed by atoms with Gasteiger partial charge in [0.1, 0.15) is 5.56 Å². The molecule has 4 heterocycles. The number of carboxylic acid groups (broad SMARTS) is 1. The molecule has 0 amide bonds. The molecule has 9 nitrogen and oxygen atoms in total. The predicted molar refractivity (Wildman–Crippen MR) is 106 cm³/mol. The number of likely N-dealkylation sites (N-methyl/N-ethyl adjacent to an activating group) is 1. The van der Waals surface area contributed by atoms with Crippen molar-refractivity contribution in [2.24, 2.45) is 0 Å². The van der Waals surface area contributed by atoms with Gasteiger partial charge in [0, 0.05) is 38.0 Å². The highest BCUT2D eigenvalue weighted by Gasteiger charge is 2.34. The van der Waals surface area contributed by atoms with Gasteiger partial charge in [0.2, 0.25) is 5.43 Å². The molecule has 1 aliphatic heterocycles. The number of nitrogens with one attached hydrogen (secondary N) is 1. The number of aromatic nitrogens is 3. The van der Waals surface area contributed by atoms with Crippen LogP contribution in [0.15, 0.2) is 28.6 Å².